The number of benzene rings is 1. The molecule has 6 nitrogen and oxygen atoms in total. The molecule has 1 aliphatic rings. The van der Waals surface area contributed by atoms with Crippen LogP contribution in [0.1, 0.15) is 28.6 Å². The molecule has 1 unspecified atom stereocenters. The van der Waals surface area contributed by atoms with E-state index in [4.69, 9.17) is 14.3 Å². The number of rotatable bonds is 2. The Bertz CT molecular complexity index is 779. The highest BCUT2D eigenvalue weighted by Crippen LogP contribution is 2.29. The van der Waals surface area contributed by atoms with Crippen molar-refractivity contribution in [1.29, 1.82) is 0 Å². The summed E-state index contributed by atoms with van der Waals surface area (Å²) in [5, 5.41) is 10.1. The van der Waals surface area contributed by atoms with Crippen LogP contribution in [0, 0.1) is 13.8 Å². The number of carbonyl (C=O) groups is 2. The molecule has 1 fully saturated rings. The van der Waals surface area contributed by atoms with Gasteiger partial charge < -0.3 is 19.2 Å². The molecule has 1 saturated heterocycles. The first-order chi connectivity index (χ1) is 10.9. The van der Waals surface area contributed by atoms with E-state index in [9.17, 15) is 9.59 Å². The molecular weight excluding hydrogens is 298 g/mol. The Labute approximate surface area is 133 Å². The second-order valence-corrected chi connectivity index (χ2v) is 5.99. The van der Waals surface area contributed by atoms with Gasteiger partial charge in [0.25, 0.3) is 5.91 Å². The molecule has 6 heteroatoms. The van der Waals surface area contributed by atoms with Gasteiger partial charge in [0.1, 0.15) is 5.58 Å². The third kappa shape index (κ3) is 2.70. The van der Waals surface area contributed by atoms with Crippen molar-refractivity contribution in [1.82, 2.24) is 4.90 Å². The summed E-state index contributed by atoms with van der Waals surface area (Å²) in [5.41, 5.74) is 2.44. The van der Waals surface area contributed by atoms with E-state index in [-0.39, 0.29) is 24.3 Å². The van der Waals surface area contributed by atoms with E-state index in [1.54, 1.807) is 6.92 Å². The molecule has 2 aromatic rings. The van der Waals surface area contributed by atoms with Crippen LogP contribution in [0.2, 0.25) is 0 Å². The number of morpholine rings is 1. The normalized spacial score (nSPS) is 21.6. The minimum atomic E-state index is -1.06. The largest absolute Gasteiger partial charge is 0.479 e. The Morgan fingerprint density at radius 1 is 1.26 bits per heavy atom. The molecular formula is C17H19NO5. The molecule has 0 aliphatic carbocycles. The third-order valence-corrected chi connectivity index (χ3v) is 4.18. The van der Waals surface area contributed by atoms with Crippen LogP contribution in [0.4, 0.5) is 0 Å². The molecule has 0 spiro atoms. The molecule has 1 N–H and O–H groups in total. The zero-order valence-electron chi connectivity index (χ0n) is 13.3. The van der Waals surface area contributed by atoms with Gasteiger partial charge in [-0.3, -0.25) is 4.79 Å². The smallest absolute Gasteiger partial charge is 0.334 e. The molecule has 0 saturated carbocycles. The van der Waals surface area contributed by atoms with Crippen molar-refractivity contribution < 1.29 is 23.8 Å². The number of para-hydroxylation sites is 1. The first kappa shape index (κ1) is 15.6. The van der Waals surface area contributed by atoms with Gasteiger partial charge in [-0.1, -0.05) is 18.2 Å². The summed E-state index contributed by atoms with van der Waals surface area (Å²) < 4.78 is 11.1. The number of nitrogens with zero attached hydrogens (tertiary/aromatic N) is 1. The lowest BCUT2D eigenvalue weighted by atomic mass is 10.1. The summed E-state index contributed by atoms with van der Waals surface area (Å²) in [6.45, 7) is 5.89. The lowest BCUT2D eigenvalue weighted by molar-refractivity contribution is -0.160. The van der Waals surface area contributed by atoms with Crippen LogP contribution in [0.25, 0.3) is 11.0 Å². The topological polar surface area (TPSA) is 80.0 Å². The van der Waals surface area contributed by atoms with E-state index in [1.807, 2.05) is 32.0 Å². The molecule has 0 radical (unpaired) electrons. The lowest BCUT2D eigenvalue weighted by Gasteiger charge is -2.34. The number of carbonyl (C=O) groups excluding carboxylic acids is 1. The predicted molar refractivity (Wildman–Crippen MR) is 83.6 cm³/mol. The minimum absolute atomic E-state index is 0.0218. The molecule has 2 heterocycles. The van der Waals surface area contributed by atoms with Crippen molar-refractivity contribution in [3.05, 3.63) is 35.1 Å². The zero-order valence-corrected chi connectivity index (χ0v) is 13.3. The van der Waals surface area contributed by atoms with E-state index in [0.29, 0.717) is 12.1 Å². The maximum absolute atomic E-state index is 12.8. The van der Waals surface area contributed by atoms with Crippen LogP contribution in [-0.4, -0.2) is 47.2 Å². The van der Waals surface area contributed by atoms with Crippen LogP contribution < -0.4 is 0 Å². The Balaban J connectivity index is 1.95. The van der Waals surface area contributed by atoms with Crippen molar-refractivity contribution in [2.24, 2.45) is 0 Å². The van der Waals surface area contributed by atoms with Gasteiger partial charge in [0.15, 0.2) is 11.9 Å². The van der Waals surface area contributed by atoms with Crippen LogP contribution in [0.3, 0.4) is 0 Å². The SMILES string of the molecule is Cc1c(C(=O)N2CC(C(=O)O)O[C@H](C)C2)oc2c(C)cccc12. The molecule has 3 rings (SSSR count). The van der Waals surface area contributed by atoms with E-state index < -0.39 is 12.1 Å². The summed E-state index contributed by atoms with van der Waals surface area (Å²) in [5.74, 6) is -1.08. The number of hydrogen-bond donors (Lipinski definition) is 1. The van der Waals surface area contributed by atoms with Crippen molar-refractivity contribution in [2.75, 3.05) is 13.1 Å². The van der Waals surface area contributed by atoms with Gasteiger partial charge in [0.2, 0.25) is 0 Å². The molecule has 1 amide bonds. The lowest BCUT2D eigenvalue weighted by Crippen LogP contribution is -2.51. The molecule has 0 bridgehead atoms. The molecule has 1 aromatic heterocycles. The molecule has 23 heavy (non-hydrogen) atoms. The number of amides is 1. The summed E-state index contributed by atoms with van der Waals surface area (Å²) in [6, 6.07) is 5.77. The van der Waals surface area contributed by atoms with E-state index >= 15 is 0 Å². The zero-order chi connectivity index (χ0) is 16.7. The Morgan fingerprint density at radius 3 is 2.65 bits per heavy atom. The van der Waals surface area contributed by atoms with Crippen molar-refractivity contribution in [3.63, 3.8) is 0 Å². The van der Waals surface area contributed by atoms with Gasteiger partial charge in [-0.2, -0.15) is 0 Å². The Kier molecular flexibility index (Phi) is 3.85. The van der Waals surface area contributed by atoms with Crippen molar-refractivity contribution >= 4 is 22.8 Å². The van der Waals surface area contributed by atoms with Gasteiger partial charge in [-0.05, 0) is 26.3 Å². The third-order valence-electron chi connectivity index (χ3n) is 4.18. The van der Waals surface area contributed by atoms with Crippen molar-refractivity contribution in [2.45, 2.75) is 33.0 Å². The Morgan fingerprint density at radius 2 is 2.00 bits per heavy atom. The van der Waals surface area contributed by atoms with Gasteiger partial charge >= 0.3 is 5.97 Å². The molecule has 122 valence electrons. The van der Waals surface area contributed by atoms with Gasteiger partial charge in [-0.25, -0.2) is 4.79 Å². The molecule has 2 atom stereocenters. The van der Waals surface area contributed by atoms with Gasteiger partial charge in [0.05, 0.1) is 12.6 Å². The number of aliphatic carboxylic acids is 1. The molecule has 1 aromatic carbocycles. The average Bonchev–Trinajstić information content (AvgIpc) is 2.85. The summed E-state index contributed by atoms with van der Waals surface area (Å²) in [4.78, 5) is 25.5. The maximum atomic E-state index is 12.8. The number of furan rings is 1. The first-order valence-electron chi connectivity index (χ1n) is 7.54. The molecule has 1 aliphatic heterocycles. The number of hydrogen-bond acceptors (Lipinski definition) is 4. The second kappa shape index (κ2) is 5.70. The summed E-state index contributed by atoms with van der Waals surface area (Å²) >= 11 is 0. The van der Waals surface area contributed by atoms with Crippen LogP contribution in [-0.2, 0) is 9.53 Å². The number of ether oxygens (including phenoxy) is 1. The summed E-state index contributed by atoms with van der Waals surface area (Å²) in [7, 11) is 0. The minimum Gasteiger partial charge on any atom is -0.479 e. The van der Waals surface area contributed by atoms with E-state index in [0.717, 1.165) is 16.5 Å². The van der Waals surface area contributed by atoms with Gasteiger partial charge in [0, 0.05) is 17.5 Å². The predicted octanol–water partition coefficient (Wildman–Crippen LogP) is 2.36. The van der Waals surface area contributed by atoms with E-state index in [2.05, 4.69) is 0 Å². The number of aryl methyl sites for hydroxylation is 2. The first-order valence-corrected chi connectivity index (χ1v) is 7.54. The average molecular weight is 317 g/mol. The van der Waals surface area contributed by atoms with Crippen molar-refractivity contribution in [3.8, 4) is 0 Å². The highest BCUT2D eigenvalue weighted by molar-refractivity contribution is 5.99. The quantitative estimate of drug-likeness (QED) is 0.920. The van der Waals surface area contributed by atoms with E-state index in [1.165, 1.54) is 4.90 Å². The monoisotopic (exact) mass is 317 g/mol. The standard InChI is InChI=1S/C17H19NO5/c1-9-5-4-6-12-11(3)15(23-14(9)12)16(19)18-7-10(2)22-13(8-18)17(20)21/h4-6,10,13H,7-8H2,1-3H3,(H,20,21)/t10-,13?/m1/s1. The fourth-order valence-corrected chi connectivity index (χ4v) is 2.99. The highest BCUT2D eigenvalue weighted by Gasteiger charge is 2.34. The van der Waals surface area contributed by atoms with Crippen LogP contribution >= 0.6 is 0 Å². The number of carboxylic acids is 1. The second-order valence-electron chi connectivity index (χ2n) is 5.99. The van der Waals surface area contributed by atoms with Gasteiger partial charge in [-0.15, -0.1) is 0 Å². The fraction of sp³-hybridized carbons (Fsp3) is 0.412. The maximum Gasteiger partial charge on any atom is 0.334 e. The number of carboxylic acid groups (broad SMARTS) is 1. The highest BCUT2D eigenvalue weighted by atomic mass is 16.5. The van der Waals surface area contributed by atoms with Crippen LogP contribution in [0.5, 0.6) is 0 Å². The fourth-order valence-electron chi connectivity index (χ4n) is 2.99. The Hall–Kier alpha value is -2.34. The van der Waals surface area contributed by atoms with Crippen LogP contribution in [0.15, 0.2) is 22.6 Å². The summed E-state index contributed by atoms with van der Waals surface area (Å²) in [6.07, 6.45) is -1.34. The number of fused-ring (bicyclic) bond motifs is 1.